The minimum Gasteiger partial charge on any atom is -0.393 e. The standard InChI is InChI=1S/C18H28N2O/c21-18-9-13-19(14-10-18)15-16-5-7-17(8-6-16)20-11-3-1-2-4-12-20/h5-8,18,21H,1-4,9-15H2. The van der Waals surface area contributed by atoms with Gasteiger partial charge in [-0.2, -0.15) is 0 Å². The van der Waals surface area contributed by atoms with Crippen LogP contribution in [0.15, 0.2) is 24.3 Å². The summed E-state index contributed by atoms with van der Waals surface area (Å²) in [5.41, 5.74) is 2.78. The van der Waals surface area contributed by atoms with Crippen molar-refractivity contribution in [3.63, 3.8) is 0 Å². The van der Waals surface area contributed by atoms with Crippen molar-refractivity contribution in [2.75, 3.05) is 31.1 Å². The Kier molecular flexibility index (Phi) is 5.15. The van der Waals surface area contributed by atoms with Gasteiger partial charge in [-0.15, -0.1) is 0 Å². The number of aliphatic hydroxyl groups is 1. The van der Waals surface area contributed by atoms with E-state index in [1.165, 1.54) is 50.0 Å². The van der Waals surface area contributed by atoms with Gasteiger partial charge in [0.1, 0.15) is 0 Å². The lowest BCUT2D eigenvalue weighted by Crippen LogP contribution is -2.35. The normalized spacial score (nSPS) is 22.2. The van der Waals surface area contributed by atoms with Gasteiger partial charge in [0.25, 0.3) is 0 Å². The van der Waals surface area contributed by atoms with Gasteiger partial charge in [-0.3, -0.25) is 4.90 Å². The lowest BCUT2D eigenvalue weighted by molar-refractivity contribution is 0.0792. The van der Waals surface area contributed by atoms with Gasteiger partial charge in [-0.05, 0) is 43.4 Å². The van der Waals surface area contributed by atoms with Gasteiger partial charge in [0.05, 0.1) is 6.10 Å². The highest BCUT2D eigenvalue weighted by Gasteiger charge is 2.17. The first-order valence-electron chi connectivity index (χ1n) is 8.55. The highest BCUT2D eigenvalue weighted by atomic mass is 16.3. The number of nitrogens with zero attached hydrogens (tertiary/aromatic N) is 2. The maximum atomic E-state index is 9.56. The molecule has 1 N–H and O–H groups in total. The molecule has 3 rings (SSSR count). The predicted molar refractivity (Wildman–Crippen MR) is 87.6 cm³/mol. The molecule has 0 aliphatic carbocycles. The smallest absolute Gasteiger partial charge is 0.0564 e. The number of anilines is 1. The Labute approximate surface area is 128 Å². The van der Waals surface area contributed by atoms with Crippen LogP contribution in [-0.2, 0) is 6.54 Å². The summed E-state index contributed by atoms with van der Waals surface area (Å²) in [5.74, 6) is 0. The molecule has 2 heterocycles. The summed E-state index contributed by atoms with van der Waals surface area (Å²) >= 11 is 0. The average molecular weight is 288 g/mol. The van der Waals surface area contributed by atoms with Crippen LogP contribution in [0.25, 0.3) is 0 Å². The van der Waals surface area contributed by atoms with Crippen LogP contribution in [0.3, 0.4) is 0 Å². The molecule has 2 aliphatic rings. The van der Waals surface area contributed by atoms with E-state index in [2.05, 4.69) is 34.1 Å². The topological polar surface area (TPSA) is 26.7 Å². The third kappa shape index (κ3) is 4.21. The van der Waals surface area contributed by atoms with Crippen molar-refractivity contribution >= 4 is 5.69 Å². The molecular formula is C18H28N2O. The molecule has 0 amide bonds. The molecule has 3 nitrogen and oxygen atoms in total. The fourth-order valence-electron chi connectivity index (χ4n) is 3.48. The molecule has 2 saturated heterocycles. The molecule has 0 bridgehead atoms. The van der Waals surface area contributed by atoms with E-state index in [1.807, 2.05) is 0 Å². The van der Waals surface area contributed by atoms with E-state index < -0.39 is 0 Å². The summed E-state index contributed by atoms with van der Waals surface area (Å²) in [6.45, 7) is 5.49. The van der Waals surface area contributed by atoms with Crippen LogP contribution in [-0.4, -0.2) is 42.3 Å². The fourth-order valence-corrected chi connectivity index (χ4v) is 3.48. The van der Waals surface area contributed by atoms with E-state index in [4.69, 9.17) is 0 Å². The van der Waals surface area contributed by atoms with Crippen molar-refractivity contribution in [1.29, 1.82) is 0 Å². The number of piperidine rings is 1. The van der Waals surface area contributed by atoms with Crippen LogP contribution < -0.4 is 4.90 Å². The van der Waals surface area contributed by atoms with Crippen molar-refractivity contribution in [2.45, 2.75) is 51.2 Å². The van der Waals surface area contributed by atoms with Gasteiger partial charge in [0.2, 0.25) is 0 Å². The Hall–Kier alpha value is -1.06. The van der Waals surface area contributed by atoms with Crippen LogP contribution in [0.5, 0.6) is 0 Å². The summed E-state index contributed by atoms with van der Waals surface area (Å²) in [6, 6.07) is 9.15. The lowest BCUT2D eigenvalue weighted by atomic mass is 10.1. The van der Waals surface area contributed by atoms with E-state index in [-0.39, 0.29) is 6.10 Å². The second-order valence-electron chi connectivity index (χ2n) is 6.58. The first-order valence-corrected chi connectivity index (χ1v) is 8.55. The van der Waals surface area contributed by atoms with Crippen molar-refractivity contribution in [3.8, 4) is 0 Å². The third-order valence-corrected chi connectivity index (χ3v) is 4.87. The molecule has 2 aliphatic heterocycles. The van der Waals surface area contributed by atoms with Crippen LogP contribution in [0.4, 0.5) is 5.69 Å². The second-order valence-corrected chi connectivity index (χ2v) is 6.58. The summed E-state index contributed by atoms with van der Waals surface area (Å²) in [7, 11) is 0. The van der Waals surface area contributed by atoms with Crippen LogP contribution in [0.1, 0.15) is 44.1 Å². The molecule has 0 atom stereocenters. The highest BCUT2D eigenvalue weighted by molar-refractivity contribution is 5.47. The molecule has 116 valence electrons. The van der Waals surface area contributed by atoms with Gasteiger partial charge in [0, 0.05) is 38.4 Å². The molecule has 1 aromatic carbocycles. The number of rotatable bonds is 3. The Bertz CT molecular complexity index is 415. The molecule has 0 aromatic heterocycles. The summed E-state index contributed by atoms with van der Waals surface area (Å²) < 4.78 is 0. The van der Waals surface area contributed by atoms with E-state index >= 15 is 0 Å². The Balaban J connectivity index is 1.56. The van der Waals surface area contributed by atoms with Crippen molar-refractivity contribution in [2.24, 2.45) is 0 Å². The third-order valence-electron chi connectivity index (χ3n) is 4.87. The van der Waals surface area contributed by atoms with Crippen LogP contribution >= 0.6 is 0 Å². The number of aliphatic hydroxyl groups excluding tert-OH is 1. The minimum absolute atomic E-state index is 0.0772. The number of likely N-dealkylation sites (tertiary alicyclic amines) is 1. The maximum Gasteiger partial charge on any atom is 0.0564 e. The molecule has 0 spiro atoms. The average Bonchev–Trinajstić information content (AvgIpc) is 2.80. The maximum absolute atomic E-state index is 9.56. The zero-order chi connectivity index (χ0) is 14.5. The van der Waals surface area contributed by atoms with E-state index in [9.17, 15) is 5.11 Å². The van der Waals surface area contributed by atoms with Gasteiger partial charge in [-0.1, -0.05) is 25.0 Å². The SMILES string of the molecule is OC1CCN(Cc2ccc(N3CCCCCC3)cc2)CC1. The molecule has 21 heavy (non-hydrogen) atoms. The second kappa shape index (κ2) is 7.28. The Morgan fingerprint density at radius 3 is 2.10 bits per heavy atom. The number of hydrogen-bond acceptors (Lipinski definition) is 3. The number of benzene rings is 1. The van der Waals surface area contributed by atoms with E-state index in [1.54, 1.807) is 0 Å². The zero-order valence-electron chi connectivity index (χ0n) is 13.0. The Morgan fingerprint density at radius 1 is 0.857 bits per heavy atom. The summed E-state index contributed by atoms with van der Waals surface area (Å²) in [5, 5.41) is 9.56. The van der Waals surface area contributed by atoms with Gasteiger partial charge < -0.3 is 10.0 Å². The molecule has 0 radical (unpaired) electrons. The molecule has 2 fully saturated rings. The number of hydrogen-bond donors (Lipinski definition) is 1. The monoisotopic (exact) mass is 288 g/mol. The van der Waals surface area contributed by atoms with Crippen LogP contribution in [0.2, 0.25) is 0 Å². The van der Waals surface area contributed by atoms with Crippen molar-refractivity contribution in [3.05, 3.63) is 29.8 Å². The molecule has 0 saturated carbocycles. The summed E-state index contributed by atoms with van der Waals surface area (Å²) in [4.78, 5) is 4.99. The summed E-state index contributed by atoms with van der Waals surface area (Å²) in [6.07, 6.45) is 7.20. The largest absolute Gasteiger partial charge is 0.393 e. The molecule has 0 unspecified atom stereocenters. The van der Waals surface area contributed by atoms with E-state index in [0.29, 0.717) is 0 Å². The molecular weight excluding hydrogens is 260 g/mol. The predicted octanol–water partition coefficient (Wildman–Crippen LogP) is 3.02. The first kappa shape index (κ1) is 14.9. The van der Waals surface area contributed by atoms with E-state index in [0.717, 1.165) is 32.5 Å². The van der Waals surface area contributed by atoms with Gasteiger partial charge in [0.15, 0.2) is 0 Å². The van der Waals surface area contributed by atoms with Gasteiger partial charge >= 0.3 is 0 Å². The van der Waals surface area contributed by atoms with Crippen molar-refractivity contribution in [1.82, 2.24) is 4.90 Å². The van der Waals surface area contributed by atoms with Gasteiger partial charge in [-0.25, -0.2) is 0 Å². The highest BCUT2D eigenvalue weighted by Crippen LogP contribution is 2.21. The van der Waals surface area contributed by atoms with Crippen molar-refractivity contribution < 1.29 is 5.11 Å². The first-order chi connectivity index (χ1) is 10.3. The molecule has 3 heteroatoms. The zero-order valence-corrected chi connectivity index (χ0v) is 13.0. The fraction of sp³-hybridized carbons (Fsp3) is 0.667. The quantitative estimate of drug-likeness (QED) is 0.926. The molecule has 1 aromatic rings. The lowest BCUT2D eigenvalue weighted by Gasteiger charge is -2.29. The minimum atomic E-state index is -0.0772. The Morgan fingerprint density at radius 2 is 1.48 bits per heavy atom. The van der Waals surface area contributed by atoms with Crippen LogP contribution in [0, 0.1) is 0 Å².